The normalized spacial score (nSPS) is 12.6. The van der Waals surface area contributed by atoms with E-state index in [1.54, 1.807) is 0 Å². The molecule has 2 aromatic heterocycles. The van der Waals surface area contributed by atoms with Gasteiger partial charge in [0.15, 0.2) is 5.82 Å². The maximum atomic E-state index is 5.40. The van der Waals surface area contributed by atoms with Crippen LogP contribution in [0.25, 0.3) is 87.5 Å². The van der Waals surface area contributed by atoms with Gasteiger partial charge in [0, 0.05) is 36.9 Å². The molecule has 290 valence electrons. The van der Waals surface area contributed by atoms with Crippen LogP contribution in [0.2, 0.25) is 0 Å². The van der Waals surface area contributed by atoms with Crippen molar-refractivity contribution in [3.8, 4) is 67.3 Å². The molecule has 0 saturated carbocycles. The Bertz CT molecular complexity index is 3420. The van der Waals surface area contributed by atoms with E-state index in [0.717, 1.165) is 39.2 Å². The lowest BCUT2D eigenvalue weighted by Crippen LogP contribution is -2.28. The number of fused-ring (bicyclic) bond motifs is 6. The van der Waals surface area contributed by atoms with Crippen LogP contribution < -0.4 is 0 Å². The summed E-state index contributed by atoms with van der Waals surface area (Å²) in [7, 11) is 0. The largest absolute Gasteiger partial charge is 0.228 e. The molecule has 1 aliphatic carbocycles. The number of hydrogen-bond acceptors (Lipinski definition) is 3. The standard InChI is InChI=1S/C59H38N2S/c1-4-18-39(19-5-1)58-60-53(43-23-15-21-41(37-43)40-20-14-22-42(36-40)46-30-16-31-48-47-28-11-13-35-55(47)62-57(46)48)38-54(61-58)50-32-17-34-52-56(50)49-29-10-12-33-51(49)59(52,44-24-6-2-7-25-44)45-26-8-3-9-27-45/h1-38H. The van der Waals surface area contributed by atoms with Crippen LogP contribution in [0, 0.1) is 0 Å². The van der Waals surface area contributed by atoms with Crippen LogP contribution in [0.5, 0.6) is 0 Å². The lowest BCUT2D eigenvalue weighted by atomic mass is 9.67. The molecule has 0 saturated heterocycles. The van der Waals surface area contributed by atoms with Crippen molar-refractivity contribution in [3.63, 3.8) is 0 Å². The van der Waals surface area contributed by atoms with Crippen LogP contribution >= 0.6 is 11.3 Å². The highest BCUT2D eigenvalue weighted by molar-refractivity contribution is 7.26. The lowest BCUT2D eigenvalue weighted by Gasteiger charge is -2.33. The van der Waals surface area contributed by atoms with Crippen molar-refractivity contribution >= 4 is 31.5 Å². The van der Waals surface area contributed by atoms with E-state index < -0.39 is 5.41 Å². The molecule has 0 atom stereocenters. The smallest absolute Gasteiger partial charge is 0.160 e. The highest BCUT2D eigenvalue weighted by Gasteiger charge is 2.46. The molecule has 11 aromatic rings. The average molecular weight is 807 g/mol. The number of hydrogen-bond donors (Lipinski definition) is 0. The van der Waals surface area contributed by atoms with Gasteiger partial charge in [-0.05, 0) is 79.9 Å². The van der Waals surface area contributed by atoms with Gasteiger partial charge in [0.2, 0.25) is 0 Å². The first-order valence-corrected chi connectivity index (χ1v) is 22.0. The molecular formula is C59H38N2S. The number of aromatic nitrogens is 2. The maximum absolute atomic E-state index is 5.40. The minimum atomic E-state index is -0.506. The summed E-state index contributed by atoms with van der Waals surface area (Å²) >= 11 is 1.87. The Morgan fingerprint density at radius 1 is 0.339 bits per heavy atom. The van der Waals surface area contributed by atoms with Gasteiger partial charge in [-0.2, -0.15) is 0 Å². The monoisotopic (exact) mass is 806 g/mol. The van der Waals surface area contributed by atoms with E-state index in [9.17, 15) is 0 Å². The van der Waals surface area contributed by atoms with Crippen LogP contribution in [0.1, 0.15) is 22.3 Å². The quantitative estimate of drug-likeness (QED) is 0.160. The van der Waals surface area contributed by atoms with Crippen LogP contribution in [0.3, 0.4) is 0 Å². The second kappa shape index (κ2) is 14.8. The molecule has 2 nitrogen and oxygen atoms in total. The third-order valence-corrected chi connectivity index (χ3v) is 13.8. The Kier molecular flexibility index (Phi) is 8.62. The fourth-order valence-electron chi connectivity index (χ4n) is 9.85. The van der Waals surface area contributed by atoms with Crippen molar-refractivity contribution in [1.29, 1.82) is 0 Å². The van der Waals surface area contributed by atoms with Crippen molar-refractivity contribution in [1.82, 2.24) is 9.97 Å². The zero-order valence-corrected chi connectivity index (χ0v) is 34.6. The molecule has 0 unspecified atom stereocenters. The van der Waals surface area contributed by atoms with E-state index in [-0.39, 0.29) is 0 Å². The number of rotatable bonds is 7. The SMILES string of the molecule is c1ccc(-c2nc(-c3cccc(-c4cccc(-c5cccc6c5sc5ccccc56)c4)c3)cc(-c3cccc4c3-c3ccccc3C4(c3ccccc3)c3ccccc3)n2)cc1. The van der Waals surface area contributed by atoms with Crippen molar-refractivity contribution < 1.29 is 0 Å². The molecule has 3 heteroatoms. The van der Waals surface area contributed by atoms with Crippen LogP contribution in [-0.4, -0.2) is 9.97 Å². The molecule has 9 aromatic carbocycles. The summed E-state index contributed by atoms with van der Waals surface area (Å²) in [6.45, 7) is 0. The van der Waals surface area contributed by atoms with E-state index in [2.05, 4.69) is 224 Å². The maximum Gasteiger partial charge on any atom is 0.160 e. The summed E-state index contributed by atoms with van der Waals surface area (Å²) in [5.41, 5.74) is 16.6. The first-order chi connectivity index (χ1) is 30.7. The first kappa shape index (κ1) is 36.2. The van der Waals surface area contributed by atoms with Gasteiger partial charge in [-0.1, -0.05) is 206 Å². The molecule has 0 N–H and O–H groups in total. The van der Waals surface area contributed by atoms with E-state index in [1.165, 1.54) is 64.7 Å². The molecular weight excluding hydrogens is 769 g/mol. The molecule has 2 heterocycles. The molecule has 0 aliphatic heterocycles. The van der Waals surface area contributed by atoms with E-state index in [4.69, 9.17) is 9.97 Å². The molecule has 12 rings (SSSR count). The number of nitrogens with zero attached hydrogens (tertiary/aromatic N) is 2. The second-order valence-corrected chi connectivity index (χ2v) is 17.1. The zero-order valence-electron chi connectivity index (χ0n) is 33.7. The molecule has 0 amide bonds. The molecule has 0 fully saturated rings. The van der Waals surface area contributed by atoms with Crippen molar-refractivity contribution in [3.05, 3.63) is 253 Å². The average Bonchev–Trinajstić information content (AvgIpc) is 3.89. The molecule has 62 heavy (non-hydrogen) atoms. The van der Waals surface area contributed by atoms with Crippen molar-refractivity contribution in [2.45, 2.75) is 5.41 Å². The zero-order chi connectivity index (χ0) is 41.0. The Morgan fingerprint density at radius 3 is 1.63 bits per heavy atom. The summed E-state index contributed by atoms with van der Waals surface area (Å²) in [6.07, 6.45) is 0. The Hall–Kier alpha value is -7.72. The third-order valence-electron chi connectivity index (χ3n) is 12.6. The molecule has 0 bridgehead atoms. The van der Waals surface area contributed by atoms with Gasteiger partial charge in [-0.25, -0.2) is 9.97 Å². The van der Waals surface area contributed by atoms with Gasteiger partial charge in [-0.3, -0.25) is 0 Å². The highest BCUT2D eigenvalue weighted by atomic mass is 32.1. The van der Waals surface area contributed by atoms with E-state index in [0.29, 0.717) is 5.82 Å². The van der Waals surface area contributed by atoms with Crippen molar-refractivity contribution in [2.24, 2.45) is 0 Å². The summed E-state index contributed by atoms with van der Waals surface area (Å²) in [5, 5.41) is 2.62. The van der Waals surface area contributed by atoms with Gasteiger partial charge in [0.05, 0.1) is 16.8 Å². The van der Waals surface area contributed by atoms with Gasteiger partial charge >= 0.3 is 0 Å². The minimum Gasteiger partial charge on any atom is -0.228 e. The molecule has 0 radical (unpaired) electrons. The number of benzene rings is 9. The third kappa shape index (κ3) is 5.78. The Morgan fingerprint density at radius 2 is 0.855 bits per heavy atom. The highest BCUT2D eigenvalue weighted by Crippen LogP contribution is 2.58. The van der Waals surface area contributed by atoms with E-state index in [1.807, 2.05) is 17.4 Å². The summed E-state index contributed by atoms with van der Waals surface area (Å²) in [4.78, 5) is 10.7. The van der Waals surface area contributed by atoms with Crippen LogP contribution in [-0.2, 0) is 5.41 Å². The van der Waals surface area contributed by atoms with Crippen molar-refractivity contribution in [2.75, 3.05) is 0 Å². The van der Waals surface area contributed by atoms with Gasteiger partial charge in [0.25, 0.3) is 0 Å². The van der Waals surface area contributed by atoms with Gasteiger partial charge < -0.3 is 0 Å². The molecule has 1 aliphatic rings. The van der Waals surface area contributed by atoms with E-state index >= 15 is 0 Å². The Balaban J connectivity index is 1.02. The summed E-state index contributed by atoms with van der Waals surface area (Å²) in [6, 6.07) is 83.3. The fraction of sp³-hybridized carbons (Fsp3) is 0.0169. The molecule has 0 spiro atoms. The topological polar surface area (TPSA) is 25.8 Å². The summed E-state index contributed by atoms with van der Waals surface area (Å²) < 4.78 is 2.63. The lowest BCUT2D eigenvalue weighted by molar-refractivity contribution is 0.768. The van der Waals surface area contributed by atoms with Crippen LogP contribution in [0.4, 0.5) is 0 Å². The first-order valence-electron chi connectivity index (χ1n) is 21.1. The summed E-state index contributed by atoms with van der Waals surface area (Å²) in [5.74, 6) is 0.697. The Labute approximate surface area is 365 Å². The predicted octanol–water partition coefficient (Wildman–Crippen LogP) is 15.5. The minimum absolute atomic E-state index is 0.506. The fourth-order valence-corrected chi connectivity index (χ4v) is 11.1. The predicted molar refractivity (Wildman–Crippen MR) is 259 cm³/mol. The number of thiophene rings is 1. The van der Waals surface area contributed by atoms with Crippen LogP contribution in [0.15, 0.2) is 231 Å². The van der Waals surface area contributed by atoms with Gasteiger partial charge in [0.1, 0.15) is 0 Å². The van der Waals surface area contributed by atoms with Gasteiger partial charge in [-0.15, -0.1) is 11.3 Å². The second-order valence-electron chi connectivity index (χ2n) is 16.0.